The van der Waals surface area contributed by atoms with Crippen LogP contribution < -0.4 is 21.1 Å². The Morgan fingerprint density at radius 1 is 1.07 bits per heavy atom. The summed E-state index contributed by atoms with van der Waals surface area (Å²) >= 11 is 0. The van der Waals surface area contributed by atoms with E-state index in [1.807, 2.05) is 54.6 Å². The van der Waals surface area contributed by atoms with Gasteiger partial charge < -0.3 is 21.1 Å². The minimum absolute atomic E-state index is 0.274. The average Bonchev–Trinajstić information content (AvgIpc) is 3.38. The van der Waals surface area contributed by atoms with E-state index >= 15 is 0 Å². The lowest BCUT2D eigenvalue weighted by atomic mass is 10.0. The van der Waals surface area contributed by atoms with Gasteiger partial charge in [-0.3, -0.25) is 5.41 Å². The van der Waals surface area contributed by atoms with Crippen LogP contribution in [0.3, 0.4) is 0 Å². The van der Waals surface area contributed by atoms with Crippen LogP contribution in [0, 0.1) is 11.3 Å². The van der Waals surface area contributed by atoms with Crippen LogP contribution in [0.5, 0.6) is 11.5 Å². The number of anilines is 2. The van der Waals surface area contributed by atoms with Crippen LogP contribution in [0.25, 0.3) is 0 Å². The first-order chi connectivity index (χ1) is 14.7. The highest BCUT2D eigenvalue weighted by molar-refractivity contribution is 6.16. The van der Waals surface area contributed by atoms with Gasteiger partial charge in [0.25, 0.3) is 0 Å². The van der Waals surface area contributed by atoms with Crippen molar-refractivity contribution in [2.45, 2.75) is 24.9 Å². The molecule has 2 aliphatic rings. The molecule has 7 heteroatoms. The summed E-state index contributed by atoms with van der Waals surface area (Å²) in [5.74, 6) is 2.91. The van der Waals surface area contributed by atoms with Crippen LogP contribution in [-0.4, -0.2) is 34.3 Å². The Balaban J connectivity index is 1.41. The molecule has 3 aromatic rings. The second-order valence-electron chi connectivity index (χ2n) is 7.89. The third-order valence-electron chi connectivity index (χ3n) is 5.91. The highest BCUT2D eigenvalue weighted by Crippen LogP contribution is 2.34. The number of para-hydroxylation sites is 1. The zero-order chi connectivity index (χ0) is 20.5. The molecule has 5 rings (SSSR count). The Kier molecular flexibility index (Phi) is 4.80. The molecule has 7 nitrogen and oxygen atoms in total. The van der Waals surface area contributed by atoms with Crippen molar-refractivity contribution < 1.29 is 4.74 Å². The van der Waals surface area contributed by atoms with Crippen molar-refractivity contribution in [2.75, 3.05) is 17.6 Å². The van der Waals surface area contributed by atoms with Crippen molar-refractivity contribution >= 4 is 17.3 Å². The van der Waals surface area contributed by atoms with Crippen molar-refractivity contribution in [3.63, 3.8) is 0 Å². The number of rotatable bonds is 6. The number of piperidine rings is 1. The van der Waals surface area contributed by atoms with E-state index < -0.39 is 0 Å². The Morgan fingerprint density at radius 2 is 1.90 bits per heavy atom. The molecule has 0 spiro atoms. The molecule has 1 saturated heterocycles. The molecule has 2 heterocycles. The Morgan fingerprint density at radius 3 is 2.67 bits per heavy atom. The number of ether oxygens (including phenoxy) is 1. The van der Waals surface area contributed by atoms with E-state index in [-0.39, 0.29) is 5.71 Å². The van der Waals surface area contributed by atoms with Crippen molar-refractivity contribution in [3.8, 4) is 11.5 Å². The first kappa shape index (κ1) is 18.6. The van der Waals surface area contributed by atoms with Crippen molar-refractivity contribution in [1.29, 1.82) is 5.41 Å². The largest absolute Gasteiger partial charge is 0.457 e. The number of nitrogen functional groups attached to an aromatic ring is 1. The molecule has 2 fully saturated rings. The third-order valence-corrected chi connectivity index (χ3v) is 5.91. The van der Waals surface area contributed by atoms with Crippen LogP contribution >= 0.6 is 0 Å². The molecular weight excluding hydrogens is 376 g/mol. The van der Waals surface area contributed by atoms with Crippen molar-refractivity contribution in [3.05, 3.63) is 72.1 Å². The summed E-state index contributed by atoms with van der Waals surface area (Å²) in [5, 5.41) is 15.9. The number of nitrogens with zero attached hydrogens (tertiary/aromatic N) is 2. The number of benzene rings is 2. The van der Waals surface area contributed by atoms with E-state index in [4.69, 9.17) is 15.9 Å². The van der Waals surface area contributed by atoms with Gasteiger partial charge in [-0.2, -0.15) is 0 Å². The summed E-state index contributed by atoms with van der Waals surface area (Å²) in [6, 6.07) is 17.9. The molecule has 1 aromatic heterocycles. The number of aromatic nitrogens is 2. The van der Waals surface area contributed by atoms with Gasteiger partial charge in [-0.25, -0.2) is 9.97 Å². The second kappa shape index (κ2) is 7.76. The fraction of sp³-hybridized carbons (Fsp3) is 0.261. The molecule has 2 bridgehead atoms. The van der Waals surface area contributed by atoms with E-state index in [1.54, 1.807) is 0 Å². The zero-order valence-electron chi connectivity index (χ0n) is 16.5. The Bertz CT molecular complexity index is 1070. The lowest BCUT2D eigenvalue weighted by Gasteiger charge is -2.25. The predicted octanol–water partition coefficient (Wildman–Crippen LogP) is 3.43. The highest BCUT2D eigenvalue weighted by atomic mass is 16.5. The zero-order valence-corrected chi connectivity index (χ0v) is 16.5. The summed E-state index contributed by atoms with van der Waals surface area (Å²) in [5.41, 5.74) is 7.70. The van der Waals surface area contributed by atoms with E-state index in [2.05, 4.69) is 20.6 Å². The van der Waals surface area contributed by atoms with Crippen LogP contribution in [0.4, 0.5) is 11.6 Å². The Hall–Kier alpha value is -3.45. The van der Waals surface area contributed by atoms with Gasteiger partial charge in [0.1, 0.15) is 29.5 Å². The molecule has 3 atom stereocenters. The molecular formula is C23H24N6O. The number of nitrogens with two attached hydrogens (primary N) is 1. The standard InChI is InChI=1S/C23H24N6O/c24-21(14-5-4-8-18(10-14)30-17-6-2-1-3-7-17)20-22(25)27-13-28-23(20)29-19-11-16-9-15(19)12-26-16/h1-8,10,13,15-16,19,24,26H,9,11-12H2,(H3,25,27,28,29). The Labute approximate surface area is 175 Å². The molecule has 2 aromatic carbocycles. The summed E-state index contributed by atoms with van der Waals surface area (Å²) < 4.78 is 5.92. The summed E-state index contributed by atoms with van der Waals surface area (Å²) in [4.78, 5) is 8.57. The van der Waals surface area contributed by atoms with Crippen LogP contribution in [0.15, 0.2) is 60.9 Å². The van der Waals surface area contributed by atoms with Gasteiger partial charge in [-0.15, -0.1) is 0 Å². The minimum atomic E-state index is 0.274. The molecule has 0 amide bonds. The van der Waals surface area contributed by atoms with Gasteiger partial charge in [0.2, 0.25) is 0 Å². The normalized spacial score (nSPS) is 22.1. The molecule has 0 radical (unpaired) electrons. The van der Waals surface area contributed by atoms with Gasteiger partial charge in [0.05, 0.1) is 11.3 Å². The van der Waals surface area contributed by atoms with E-state index in [9.17, 15) is 0 Å². The summed E-state index contributed by atoms with van der Waals surface area (Å²) in [6.07, 6.45) is 3.69. The number of hydrogen-bond donors (Lipinski definition) is 4. The van der Waals surface area contributed by atoms with Crippen molar-refractivity contribution in [2.24, 2.45) is 5.92 Å². The van der Waals surface area contributed by atoms with E-state index in [0.29, 0.717) is 46.5 Å². The van der Waals surface area contributed by atoms with Crippen LogP contribution in [-0.2, 0) is 0 Å². The maximum Gasteiger partial charge on any atom is 0.141 e. The van der Waals surface area contributed by atoms with Gasteiger partial charge in [-0.05, 0) is 43.0 Å². The third kappa shape index (κ3) is 3.59. The number of nitrogens with one attached hydrogen (secondary N) is 3. The number of hydrogen-bond acceptors (Lipinski definition) is 7. The molecule has 1 aliphatic carbocycles. The molecule has 3 unspecified atom stereocenters. The fourth-order valence-corrected chi connectivity index (χ4v) is 4.43. The van der Waals surface area contributed by atoms with E-state index in [1.165, 1.54) is 12.7 Å². The molecule has 1 saturated carbocycles. The topological polar surface area (TPSA) is 109 Å². The monoisotopic (exact) mass is 400 g/mol. The lowest BCUT2D eigenvalue weighted by Crippen LogP contribution is -2.37. The minimum Gasteiger partial charge on any atom is -0.457 e. The molecule has 1 aliphatic heterocycles. The second-order valence-corrected chi connectivity index (χ2v) is 7.89. The van der Waals surface area contributed by atoms with Gasteiger partial charge >= 0.3 is 0 Å². The van der Waals surface area contributed by atoms with Gasteiger partial charge in [0.15, 0.2) is 0 Å². The SMILES string of the molecule is N=C(c1cccc(Oc2ccccc2)c1)c1c(N)ncnc1NC1CC2CC1CN2. The first-order valence-electron chi connectivity index (χ1n) is 10.2. The van der Waals surface area contributed by atoms with Crippen LogP contribution in [0.2, 0.25) is 0 Å². The first-order valence-corrected chi connectivity index (χ1v) is 10.2. The van der Waals surface area contributed by atoms with Gasteiger partial charge in [-0.1, -0.05) is 30.3 Å². The quantitative estimate of drug-likeness (QED) is 0.472. The summed E-state index contributed by atoms with van der Waals surface area (Å²) in [6.45, 7) is 1.02. The molecule has 5 N–H and O–H groups in total. The molecule has 152 valence electrons. The molecule has 30 heavy (non-hydrogen) atoms. The van der Waals surface area contributed by atoms with E-state index in [0.717, 1.165) is 18.7 Å². The summed E-state index contributed by atoms with van der Waals surface area (Å²) in [7, 11) is 0. The average molecular weight is 400 g/mol. The predicted molar refractivity (Wildman–Crippen MR) is 117 cm³/mol. The highest BCUT2D eigenvalue weighted by Gasteiger charge is 2.39. The number of fused-ring (bicyclic) bond motifs is 2. The smallest absolute Gasteiger partial charge is 0.141 e. The maximum atomic E-state index is 8.84. The van der Waals surface area contributed by atoms with Crippen LogP contribution in [0.1, 0.15) is 24.0 Å². The lowest BCUT2D eigenvalue weighted by molar-refractivity contribution is 0.460. The maximum absolute atomic E-state index is 8.84. The van der Waals surface area contributed by atoms with Crippen molar-refractivity contribution in [1.82, 2.24) is 15.3 Å². The fourth-order valence-electron chi connectivity index (χ4n) is 4.43. The van der Waals surface area contributed by atoms with Gasteiger partial charge in [0, 0.05) is 24.2 Å².